The molecule has 2 aromatic heterocycles. The molecule has 2 aliphatic rings. The first-order valence-corrected chi connectivity index (χ1v) is 11.3. The highest BCUT2D eigenvalue weighted by Crippen LogP contribution is 2.33. The van der Waals surface area contributed by atoms with E-state index in [1.165, 1.54) is 6.07 Å². The molecule has 168 valence electrons. The van der Waals surface area contributed by atoms with Gasteiger partial charge in [-0.2, -0.15) is 0 Å². The number of imidazole rings is 1. The van der Waals surface area contributed by atoms with Crippen molar-refractivity contribution in [2.75, 3.05) is 37.8 Å². The molecule has 6 rings (SSSR count). The normalized spacial score (nSPS) is 18.8. The van der Waals surface area contributed by atoms with Crippen molar-refractivity contribution in [3.8, 4) is 11.1 Å². The van der Waals surface area contributed by atoms with Gasteiger partial charge >= 0.3 is 0 Å². The van der Waals surface area contributed by atoms with Gasteiger partial charge in [0.2, 0.25) is 5.95 Å². The second-order valence-corrected chi connectivity index (χ2v) is 8.41. The number of nitrogens with zero attached hydrogens (tertiary/aromatic N) is 5. The highest BCUT2D eigenvalue weighted by Gasteiger charge is 2.26. The summed E-state index contributed by atoms with van der Waals surface area (Å²) in [6.45, 7) is 4.10. The fourth-order valence-corrected chi connectivity index (χ4v) is 4.65. The standard InChI is InChI=1S/C25H24FN5O2/c26-20-4-1-3-18(11-20)23-15-33-16-24-29-21-6-5-17(12-22(21)31(23)24)19-13-27-25(28-14-19)30-7-2-9-32-10-8-30/h1,3-6,11-14,23H,2,7-10,15-16H2. The molecule has 0 radical (unpaired) electrons. The Kier molecular flexibility index (Phi) is 5.24. The van der Waals surface area contributed by atoms with Gasteiger partial charge in [0.15, 0.2) is 0 Å². The Morgan fingerprint density at radius 3 is 2.73 bits per heavy atom. The number of hydrogen-bond donors (Lipinski definition) is 0. The Bertz CT molecular complexity index is 1280. The smallest absolute Gasteiger partial charge is 0.225 e. The topological polar surface area (TPSA) is 65.3 Å². The number of halogens is 1. The van der Waals surface area contributed by atoms with Crippen LogP contribution in [-0.2, 0) is 16.1 Å². The third-order valence-corrected chi connectivity index (χ3v) is 6.29. The SMILES string of the molecule is Fc1cccc(C2COCc3nc4ccc(-c5cnc(N6CCCOCC6)nc5)cc4n32)c1. The highest BCUT2D eigenvalue weighted by atomic mass is 19.1. The number of hydrogen-bond acceptors (Lipinski definition) is 6. The number of ether oxygens (including phenoxy) is 2. The summed E-state index contributed by atoms with van der Waals surface area (Å²) in [5.41, 5.74) is 4.71. The van der Waals surface area contributed by atoms with E-state index < -0.39 is 0 Å². The summed E-state index contributed by atoms with van der Waals surface area (Å²) < 4.78 is 27.4. The van der Waals surface area contributed by atoms with Gasteiger partial charge in [-0.15, -0.1) is 0 Å². The van der Waals surface area contributed by atoms with E-state index >= 15 is 0 Å². The summed E-state index contributed by atoms with van der Waals surface area (Å²) in [7, 11) is 0. The van der Waals surface area contributed by atoms with Crippen LogP contribution in [0.15, 0.2) is 54.9 Å². The molecule has 4 aromatic rings. The van der Waals surface area contributed by atoms with Crippen molar-refractivity contribution in [1.82, 2.24) is 19.5 Å². The number of benzene rings is 2. The molecule has 1 unspecified atom stereocenters. The molecule has 1 saturated heterocycles. The molecule has 0 saturated carbocycles. The zero-order valence-electron chi connectivity index (χ0n) is 18.2. The van der Waals surface area contributed by atoms with Crippen LogP contribution < -0.4 is 4.90 Å². The lowest BCUT2D eigenvalue weighted by Gasteiger charge is -2.26. The first kappa shape index (κ1) is 20.3. The summed E-state index contributed by atoms with van der Waals surface area (Å²) in [6.07, 6.45) is 4.72. The molecule has 1 atom stereocenters. The highest BCUT2D eigenvalue weighted by molar-refractivity contribution is 5.83. The van der Waals surface area contributed by atoms with Crippen LogP contribution in [0.2, 0.25) is 0 Å². The average Bonchev–Trinajstić information content (AvgIpc) is 3.01. The Morgan fingerprint density at radius 1 is 0.939 bits per heavy atom. The number of anilines is 1. The summed E-state index contributed by atoms with van der Waals surface area (Å²) in [6, 6.07) is 12.7. The third-order valence-electron chi connectivity index (χ3n) is 6.29. The van der Waals surface area contributed by atoms with Crippen molar-refractivity contribution in [3.63, 3.8) is 0 Å². The Hall–Kier alpha value is -3.36. The van der Waals surface area contributed by atoms with E-state index in [1.807, 2.05) is 30.6 Å². The van der Waals surface area contributed by atoms with Crippen LogP contribution >= 0.6 is 0 Å². The van der Waals surface area contributed by atoms with Gasteiger partial charge in [0.1, 0.15) is 18.2 Å². The summed E-state index contributed by atoms with van der Waals surface area (Å²) in [5, 5.41) is 0. The molecule has 33 heavy (non-hydrogen) atoms. The lowest BCUT2D eigenvalue weighted by atomic mass is 10.0. The largest absolute Gasteiger partial charge is 0.380 e. The molecule has 0 spiro atoms. The van der Waals surface area contributed by atoms with Crippen LogP contribution in [0.3, 0.4) is 0 Å². The fourth-order valence-electron chi connectivity index (χ4n) is 4.65. The lowest BCUT2D eigenvalue weighted by molar-refractivity contribution is 0.0679. The molecular formula is C25H24FN5O2. The molecule has 4 heterocycles. The summed E-state index contributed by atoms with van der Waals surface area (Å²) in [4.78, 5) is 16.2. The van der Waals surface area contributed by atoms with Crippen LogP contribution in [0.4, 0.5) is 10.3 Å². The molecule has 2 aliphatic heterocycles. The van der Waals surface area contributed by atoms with E-state index in [2.05, 4.69) is 25.5 Å². The minimum absolute atomic E-state index is 0.131. The number of aromatic nitrogens is 4. The first-order chi connectivity index (χ1) is 16.3. The van der Waals surface area contributed by atoms with Crippen LogP contribution in [0.25, 0.3) is 22.2 Å². The molecule has 7 nitrogen and oxygen atoms in total. The average molecular weight is 445 g/mol. The zero-order valence-corrected chi connectivity index (χ0v) is 18.2. The Morgan fingerprint density at radius 2 is 1.85 bits per heavy atom. The molecule has 8 heteroatoms. The lowest BCUT2D eigenvalue weighted by Crippen LogP contribution is -2.27. The minimum Gasteiger partial charge on any atom is -0.380 e. The van der Waals surface area contributed by atoms with E-state index in [0.717, 1.165) is 65.6 Å². The predicted molar refractivity (Wildman–Crippen MR) is 123 cm³/mol. The first-order valence-electron chi connectivity index (χ1n) is 11.3. The van der Waals surface area contributed by atoms with Crippen molar-refractivity contribution in [1.29, 1.82) is 0 Å². The second-order valence-electron chi connectivity index (χ2n) is 8.41. The van der Waals surface area contributed by atoms with Crippen LogP contribution in [0, 0.1) is 5.82 Å². The van der Waals surface area contributed by atoms with Gasteiger partial charge in [0.25, 0.3) is 0 Å². The minimum atomic E-state index is -0.252. The van der Waals surface area contributed by atoms with E-state index in [1.54, 1.807) is 12.1 Å². The maximum absolute atomic E-state index is 13.9. The van der Waals surface area contributed by atoms with Crippen LogP contribution in [0.5, 0.6) is 0 Å². The number of fused-ring (bicyclic) bond motifs is 3. The predicted octanol–water partition coefficient (Wildman–Crippen LogP) is 3.98. The monoisotopic (exact) mass is 445 g/mol. The maximum Gasteiger partial charge on any atom is 0.225 e. The molecule has 0 bridgehead atoms. The molecule has 0 amide bonds. The van der Waals surface area contributed by atoms with Gasteiger partial charge in [0, 0.05) is 37.7 Å². The Labute approximate surface area is 190 Å². The van der Waals surface area contributed by atoms with Gasteiger partial charge < -0.3 is 18.9 Å². The van der Waals surface area contributed by atoms with E-state index in [0.29, 0.717) is 19.8 Å². The summed E-state index contributed by atoms with van der Waals surface area (Å²) in [5.74, 6) is 1.32. The van der Waals surface area contributed by atoms with Crippen molar-refractivity contribution in [2.45, 2.75) is 19.1 Å². The van der Waals surface area contributed by atoms with Crippen LogP contribution in [0.1, 0.15) is 23.9 Å². The van der Waals surface area contributed by atoms with Crippen molar-refractivity contribution >= 4 is 17.0 Å². The van der Waals surface area contributed by atoms with Crippen molar-refractivity contribution in [2.24, 2.45) is 0 Å². The fraction of sp³-hybridized carbons (Fsp3) is 0.320. The van der Waals surface area contributed by atoms with E-state index in [9.17, 15) is 4.39 Å². The van der Waals surface area contributed by atoms with Gasteiger partial charge in [0.05, 0.1) is 30.3 Å². The summed E-state index contributed by atoms with van der Waals surface area (Å²) >= 11 is 0. The molecular weight excluding hydrogens is 421 g/mol. The second kappa shape index (κ2) is 8.53. The van der Waals surface area contributed by atoms with Gasteiger partial charge in [-0.3, -0.25) is 0 Å². The Balaban J connectivity index is 1.36. The van der Waals surface area contributed by atoms with Crippen molar-refractivity contribution in [3.05, 3.63) is 72.1 Å². The molecule has 0 N–H and O–H groups in total. The van der Waals surface area contributed by atoms with Gasteiger partial charge in [-0.25, -0.2) is 19.3 Å². The van der Waals surface area contributed by atoms with Crippen molar-refractivity contribution < 1.29 is 13.9 Å². The maximum atomic E-state index is 13.9. The zero-order chi connectivity index (χ0) is 22.2. The van der Waals surface area contributed by atoms with Gasteiger partial charge in [-0.1, -0.05) is 18.2 Å². The molecule has 2 aromatic carbocycles. The van der Waals surface area contributed by atoms with Gasteiger partial charge in [-0.05, 0) is 41.8 Å². The number of rotatable bonds is 3. The van der Waals surface area contributed by atoms with Crippen LogP contribution in [-0.4, -0.2) is 52.4 Å². The third kappa shape index (κ3) is 3.85. The quantitative estimate of drug-likeness (QED) is 0.475. The van der Waals surface area contributed by atoms with E-state index in [4.69, 9.17) is 14.5 Å². The van der Waals surface area contributed by atoms with E-state index in [-0.39, 0.29) is 11.9 Å². The molecule has 0 aliphatic carbocycles. The molecule has 1 fully saturated rings.